The molecule has 0 aliphatic carbocycles. The van der Waals surface area contributed by atoms with E-state index in [-0.39, 0.29) is 17.5 Å². The zero-order chi connectivity index (χ0) is 20.1. The van der Waals surface area contributed by atoms with Gasteiger partial charge in [0.2, 0.25) is 0 Å². The molecule has 4 rings (SSSR count). The second-order valence-corrected chi connectivity index (χ2v) is 9.35. The monoisotopic (exact) mass is 400 g/mol. The van der Waals surface area contributed by atoms with Crippen molar-refractivity contribution in [2.45, 2.75) is 39.2 Å². The Hall–Kier alpha value is -2.75. The van der Waals surface area contributed by atoms with E-state index in [1.807, 2.05) is 30.6 Å². The van der Waals surface area contributed by atoms with Crippen LogP contribution < -0.4 is 10.2 Å². The van der Waals surface area contributed by atoms with E-state index < -0.39 is 0 Å². The van der Waals surface area contributed by atoms with E-state index in [1.165, 1.54) is 11.3 Å². The lowest BCUT2D eigenvalue weighted by Crippen LogP contribution is -2.60. The first-order valence-electron chi connectivity index (χ1n) is 9.16. The molecule has 0 bridgehead atoms. The molecule has 2 amide bonds. The van der Waals surface area contributed by atoms with Crippen molar-refractivity contribution in [3.63, 3.8) is 0 Å². The van der Waals surface area contributed by atoms with Crippen LogP contribution in [0.25, 0.3) is 5.65 Å². The van der Waals surface area contributed by atoms with E-state index in [2.05, 4.69) is 46.2 Å². The number of urea groups is 1. The van der Waals surface area contributed by atoms with E-state index in [0.717, 1.165) is 35.3 Å². The number of hydrogen-bond acceptors (Lipinski definition) is 7. The summed E-state index contributed by atoms with van der Waals surface area (Å²) in [4.78, 5) is 21.5. The molecule has 1 aliphatic rings. The highest BCUT2D eigenvalue weighted by Crippen LogP contribution is 2.25. The maximum Gasteiger partial charge on any atom is 0.323 e. The van der Waals surface area contributed by atoms with Crippen LogP contribution in [0.2, 0.25) is 0 Å². The summed E-state index contributed by atoms with van der Waals surface area (Å²) in [6, 6.07) is 3.86. The van der Waals surface area contributed by atoms with Crippen LogP contribution >= 0.6 is 11.3 Å². The van der Waals surface area contributed by atoms with Gasteiger partial charge in [-0.2, -0.15) is 4.52 Å². The van der Waals surface area contributed by atoms with Crippen molar-refractivity contribution in [2.75, 3.05) is 30.4 Å². The van der Waals surface area contributed by atoms with Gasteiger partial charge in [-0.15, -0.1) is 26.6 Å². The fourth-order valence-electron chi connectivity index (χ4n) is 3.06. The van der Waals surface area contributed by atoms with Gasteiger partial charge >= 0.3 is 6.03 Å². The molecule has 0 atom stereocenters. The van der Waals surface area contributed by atoms with Crippen molar-refractivity contribution in [1.29, 1.82) is 0 Å². The first kappa shape index (κ1) is 18.6. The van der Waals surface area contributed by atoms with Crippen LogP contribution in [0.1, 0.15) is 31.5 Å². The van der Waals surface area contributed by atoms with Crippen LogP contribution in [0.3, 0.4) is 0 Å². The van der Waals surface area contributed by atoms with Crippen molar-refractivity contribution < 1.29 is 4.79 Å². The number of thiazole rings is 1. The van der Waals surface area contributed by atoms with Gasteiger partial charge in [-0.05, 0) is 19.1 Å². The Balaban J connectivity index is 1.42. The molecule has 0 saturated carbocycles. The molecule has 1 fully saturated rings. The van der Waals surface area contributed by atoms with Crippen LogP contribution in [0.4, 0.5) is 15.7 Å². The van der Waals surface area contributed by atoms with Crippen molar-refractivity contribution in [1.82, 2.24) is 29.7 Å². The van der Waals surface area contributed by atoms with E-state index in [0.29, 0.717) is 5.13 Å². The molecule has 0 unspecified atom stereocenters. The third-order valence-electron chi connectivity index (χ3n) is 4.81. The van der Waals surface area contributed by atoms with E-state index in [4.69, 9.17) is 5.10 Å². The highest BCUT2D eigenvalue weighted by atomic mass is 32.1. The fourth-order valence-corrected chi connectivity index (χ4v) is 3.72. The molecule has 1 N–H and O–H groups in total. The number of carbonyl (C=O) groups excluding carboxylic acids is 1. The molecule has 28 heavy (non-hydrogen) atoms. The van der Waals surface area contributed by atoms with Crippen molar-refractivity contribution in [3.05, 3.63) is 29.0 Å². The van der Waals surface area contributed by atoms with Crippen molar-refractivity contribution in [3.8, 4) is 0 Å². The molecule has 4 heterocycles. The van der Waals surface area contributed by atoms with Gasteiger partial charge in [-0.25, -0.2) is 9.78 Å². The minimum absolute atomic E-state index is 0.126. The summed E-state index contributed by atoms with van der Waals surface area (Å²) in [5, 5.41) is 16.7. The minimum atomic E-state index is -0.144. The number of likely N-dealkylation sites (N-methyl/N-ethyl adjacent to an activating group) is 1. The smallest absolute Gasteiger partial charge is 0.323 e. The SMILES string of the molecule is Cc1cnc(NC(=O)N(C)C2CN(c3ccc4nnc(C(C)(C)C)n4n3)C2)s1. The third-order valence-corrected chi connectivity index (χ3v) is 5.64. The van der Waals surface area contributed by atoms with Crippen LogP contribution in [0.5, 0.6) is 0 Å². The summed E-state index contributed by atoms with van der Waals surface area (Å²) >= 11 is 1.47. The number of nitrogens with zero attached hydrogens (tertiary/aromatic N) is 7. The molecule has 148 valence electrons. The number of anilines is 2. The summed E-state index contributed by atoms with van der Waals surface area (Å²) < 4.78 is 1.81. The maximum atomic E-state index is 12.4. The largest absolute Gasteiger partial charge is 0.351 e. The molecule has 0 radical (unpaired) electrons. The van der Waals surface area contributed by atoms with E-state index in [9.17, 15) is 4.79 Å². The second kappa shape index (κ2) is 6.69. The average molecular weight is 401 g/mol. The van der Waals surface area contributed by atoms with Gasteiger partial charge in [-0.1, -0.05) is 20.8 Å². The molecule has 0 spiro atoms. The van der Waals surface area contributed by atoms with Gasteiger partial charge in [0.05, 0.1) is 6.04 Å². The average Bonchev–Trinajstić information content (AvgIpc) is 3.18. The molecule has 0 aromatic carbocycles. The number of hydrogen-bond donors (Lipinski definition) is 1. The standard InChI is InChI=1S/C18H24N8OS/c1-11-8-19-16(28-11)20-17(27)24(5)12-9-25(10-12)14-7-6-13-21-22-15(18(2,3)4)26(13)23-14/h6-8,12H,9-10H2,1-5H3,(H,19,20,27). The summed E-state index contributed by atoms with van der Waals surface area (Å²) in [6.45, 7) is 9.70. The van der Waals surface area contributed by atoms with Crippen LogP contribution in [-0.2, 0) is 5.41 Å². The number of aromatic nitrogens is 5. The Bertz CT molecular complexity index is 1010. The molecular weight excluding hydrogens is 376 g/mol. The lowest BCUT2D eigenvalue weighted by Gasteiger charge is -2.44. The highest BCUT2D eigenvalue weighted by Gasteiger charge is 2.34. The predicted octanol–water partition coefficient (Wildman–Crippen LogP) is 2.54. The van der Waals surface area contributed by atoms with Crippen molar-refractivity contribution >= 4 is 34.0 Å². The van der Waals surface area contributed by atoms with Gasteiger partial charge in [0.15, 0.2) is 16.6 Å². The normalized spacial score (nSPS) is 15.0. The fraction of sp³-hybridized carbons (Fsp3) is 0.500. The Morgan fingerprint density at radius 2 is 2.04 bits per heavy atom. The number of rotatable bonds is 3. The third kappa shape index (κ3) is 3.39. The zero-order valence-corrected chi connectivity index (χ0v) is 17.5. The molecule has 3 aromatic heterocycles. The Kier molecular flexibility index (Phi) is 4.45. The summed E-state index contributed by atoms with van der Waals surface area (Å²) in [5.41, 5.74) is 0.593. The predicted molar refractivity (Wildman–Crippen MR) is 109 cm³/mol. The molecule has 9 nitrogen and oxygen atoms in total. The molecule has 10 heteroatoms. The van der Waals surface area contributed by atoms with Gasteiger partial charge in [0.25, 0.3) is 0 Å². The first-order valence-corrected chi connectivity index (χ1v) is 9.98. The molecule has 1 aliphatic heterocycles. The Labute approximate surface area is 167 Å². The molecule has 3 aromatic rings. The summed E-state index contributed by atoms with van der Waals surface area (Å²) in [7, 11) is 1.81. The molecule has 1 saturated heterocycles. The quantitative estimate of drug-likeness (QED) is 0.726. The summed E-state index contributed by atoms with van der Waals surface area (Å²) in [5.74, 6) is 1.69. The Morgan fingerprint density at radius 3 is 2.68 bits per heavy atom. The lowest BCUT2D eigenvalue weighted by molar-refractivity contribution is 0.191. The van der Waals surface area contributed by atoms with E-state index >= 15 is 0 Å². The number of amides is 2. The van der Waals surface area contributed by atoms with Gasteiger partial charge < -0.3 is 9.80 Å². The lowest BCUT2D eigenvalue weighted by atomic mass is 9.96. The Morgan fingerprint density at radius 1 is 1.29 bits per heavy atom. The van der Waals surface area contributed by atoms with Crippen molar-refractivity contribution in [2.24, 2.45) is 0 Å². The van der Waals surface area contributed by atoms with Gasteiger partial charge in [0.1, 0.15) is 5.82 Å². The highest BCUT2D eigenvalue weighted by molar-refractivity contribution is 7.15. The number of fused-ring (bicyclic) bond motifs is 1. The van der Waals surface area contributed by atoms with Crippen LogP contribution in [0, 0.1) is 6.92 Å². The number of nitrogens with one attached hydrogen (secondary N) is 1. The van der Waals surface area contributed by atoms with E-state index in [1.54, 1.807) is 11.1 Å². The van der Waals surface area contributed by atoms with Gasteiger partial charge in [-0.3, -0.25) is 5.32 Å². The topological polar surface area (TPSA) is 91.5 Å². The first-order chi connectivity index (χ1) is 13.2. The second-order valence-electron chi connectivity index (χ2n) is 8.11. The zero-order valence-electron chi connectivity index (χ0n) is 16.7. The minimum Gasteiger partial charge on any atom is -0.351 e. The number of aryl methyl sites for hydroxylation is 1. The number of carbonyl (C=O) groups is 1. The molecular formula is C18H24N8OS. The summed E-state index contributed by atoms with van der Waals surface area (Å²) in [6.07, 6.45) is 1.75. The van der Waals surface area contributed by atoms with Crippen LogP contribution in [0.15, 0.2) is 18.3 Å². The van der Waals surface area contributed by atoms with Gasteiger partial charge in [0, 0.05) is 36.6 Å². The maximum absolute atomic E-state index is 12.4. The van der Waals surface area contributed by atoms with Crippen LogP contribution in [-0.4, -0.2) is 61.9 Å².